The molecule has 1 fully saturated rings. The zero-order valence-electron chi connectivity index (χ0n) is 15.5. The highest BCUT2D eigenvalue weighted by Gasteiger charge is 2.27. The van der Waals surface area contributed by atoms with Crippen molar-refractivity contribution in [2.45, 2.75) is 12.6 Å². The van der Waals surface area contributed by atoms with Crippen LogP contribution < -0.4 is 0 Å². The fourth-order valence-electron chi connectivity index (χ4n) is 3.22. The van der Waals surface area contributed by atoms with Crippen LogP contribution in [0.5, 0.6) is 0 Å². The standard InChI is InChI=1S/C20H23F3N2O2S/c21-20(22,23)15-27-13-4-8-24-9-11-25(12-10-24)19(26)18-17(7-14-28-18)16-5-2-1-3-6-16/h1-3,5-7,14H,4,8-13,15H2. The third kappa shape index (κ3) is 5.80. The number of carbonyl (C=O) groups is 1. The van der Waals surface area contributed by atoms with Gasteiger partial charge in [0, 0.05) is 44.9 Å². The first-order valence-corrected chi connectivity index (χ1v) is 10.1. The second kappa shape index (κ2) is 9.54. The number of benzene rings is 1. The van der Waals surface area contributed by atoms with Gasteiger partial charge < -0.3 is 9.64 Å². The molecule has 4 nitrogen and oxygen atoms in total. The molecule has 3 rings (SSSR count). The van der Waals surface area contributed by atoms with E-state index in [4.69, 9.17) is 0 Å². The molecule has 0 bridgehead atoms. The smallest absolute Gasteiger partial charge is 0.372 e. The van der Waals surface area contributed by atoms with E-state index < -0.39 is 12.8 Å². The van der Waals surface area contributed by atoms with E-state index in [1.165, 1.54) is 11.3 Å². The molecule has 1 aliphatic rings. The lowest BCUT2D eigenvalue weighted by Crippen LogP contribution is -2.48. The third-order valence-corrected chi connectivity index (χ3v) is 5.53. The lowest BCUT2D eigenvalue weighted by Gasteiger charge is -2.34. The van der Waals surface area contributed by atoms with Crippen molar-refractivity contribution in [3.63, 3.8) is 0 Å². The third-order valence-electron chi connectivity index (χ3n) is 4.63. The SMILES string of the molecule is O=C(c1sccc1-c1ccccc1)N1CCN(CCCOCC(F)(F)F)CC1. The summed E-state index contributed by atoms with van der Waals surface area (Å²) >= 11 is 1.45. The highest BCUT2D eigenvalue weighted by molar-refractivity contribution is 7.12. The van der Waals surface area contributed by atoms with Crippen LogP contribution >= 0.6 is 11.3 Å². The van der Waals surface area contributed by atoms with Crippen molar-refractivity contribution in [3.05, 3.63) is 46.7 Å². The topological polar surface area (TPSA) is 32.8 Å². The maximum Gasteiger partial charge on any atom is 0.411 e. The van der Waals surface area contributed by atoms with Gasteiger partial charge in [0.2, 0.25) is 0 Å². The van der Waals surface area contributed by atoms with Crippen molar-refractivity contribution < 1.29 is 22.7 Å². The van der Waals surface area contributed by atoms with Gasteiger partial charge in [0.05, 0.1) is 4.88 Å². The molecule has 1 amide bonds. The predicted octanol–water partition coefficient (Wildman–Crippen LogP) is 4.14. The number of amides is 1. The Morgan fingerprint density at radius 1 is 1.07 bits per heavy atom. The summed E-state index contributed by atoms with van der Waals surface area (Å²) in [6.45, 7) is 2.25. The van der Waals surface area contributed by atoms with Crippen molar-refractivity contribution in [1.82, 2.24) is 9.80 Å². The lowest BCUT2D eigenvalue weighted by atomic mass is 10.1. The van der Waals surface area contributed by atoms with Gasteiger partial charge in [0.15, 0.2) is 0 Å². The second-order valence-corrected chi connectivity index (χ2v) is 7.60. The molecule has 0 N–H and O–H groups in total. The normalized spacial score (nSPS) is 15.8. The molecule has 1 aliphatic heterocycles. The first-order valence-electron chi connectivity index (χ1n) is 9.23. The first-order chi connectivity index (χ1) is 13.4. The molecular formula is C20H23F3N2O2S. The first kappa shape index (κ1) is 20.8. The number of ether oxygens (including phenoxy) is 1. The quantitative estimate of drug-likeness (QED) is 0.641. The van der Waals surface area contributed by atoms with E-state index in [1.807, 2.05) is 46.7 Å². The van der Waals surface area contributed by atoms with Gasteiger partial charge in [-0.1, -0.05) is 30.3 Å². The summed E-state index contributed by atoms with van der Waals surface area (Å²) in [7, 11) is 0. The monoisotopic (exact) mass is 412 g/mol. The fraction of sp³-hybridized carbons (Fsp3) is 0.450. The zero-order valence-corrected chi connectivity index (χ0v) is 16.3. The van der Waals surface area contributed by atoms with Crippen LogP contribution in [0.15, 0.2) is 41.8 Å². The molecule has 0 atom stereocenters. The minimum Gasteiger partial charge on any atom is -0.372 e. The molecule has 152 valence electrons. The number of thiophene rings is 1. The Balaban J connectivity index is 1.46. The van der Waals surface area contributed by atoms with Crippen molar-refractivity contribution >= 4 is 17.2 Å². The molecule has 0 unspecified atom stereocenters. The predicted molar refractivity (Wildman–Crippen MR) is 104 cm³/mol. The Labute approximate surface area is 166 Å². The number of carbonyl (C=O) groups excluding carboxylic acids is 1. The van der Waals surface area contributed by atoms with Crippen LogP contribution in [0.2, 0.25) is 0 Å². The molecule has 28 heavy (non-hydrogen) atoms. The summed E-state index contributed by atoms with van der Waals surface area (Å²) in [4.78, 5) is 17.7. The lowest BCUT2D eigenvalue weighted by molar-refractivity contribution is -0.174. The minimum absolute atomic E-state index is 0.0435. The van der Waals surface area contributed by atoms with E-state index in [1.54, 1.807) is 0 Å². The summed E-state index contributed by atoms with van der Waals surface area (Å²) in [6, 6.07) is 11.8. The highest BCUT2D eigenvalue weighted by Crippen LogP contribution is 2.29. The molecule has 1 aromatic carbocycles. The van der Waals surface area contributed by atoms with Gasteiger partial charge in [-0.05, 0) is 23.4 Å². The number of hydrogen-bond donors (Lipinski definition) is 0. The number of hydrogen-bond acceptors (Lipinski definition) is 4. The molecule has 1 saturated heterocycles. The Bertz CT molecular complexity index is 756. The molecule has 8 heteroatoms. The molecule has 2 aromatic rings. The van der Waals surface area contributed by atoms with E-state index in [0.29, 0.717) is 26.1 Å². The number of rotatable bonds is 7. The molecule has 0 radical (unpaired) electrons. The van der Waals surface area contributed by atoms with E-state index in [0.717, 1.165) is 29.1 Å². The van der Waals surface area contributed by atoms with Crippen LogP contribution in [-0.2, 0) is 4.74 Å². The average molecular weight is 412 g/mol. The summed E-state index contributed by atoms with van der Waals surface area (Å²) in [5, 5.41) is 1.94. The molecule has 0 spiro atoms. The van der Waals surface area contributed by atoms with Gasteiger partial charge in [-0.15, -0.1) is 11.3 Å². The second-order valence-electron chi connectivity index (χ2n) is 6.68. The van der Waals surface area contributed by atoms with Gasteiger partial charge in [-0.2, -0.15) is 13.2 Å². The number of halogens is 3. The van der Waals surface area contributed by atoms with Crippen LogP contribution in [-0.4, -0.2) is 67.8 Å². The van der Waals surface area contributed by atoms with Crippen LogP contribution in [0, 0.1) is 0 Å². The Morgan fingerprint density at radius 2 is 1.79 bits per heavy atom. The van der Waals surface area contributed by atoms with E-state index >= 15 is 0 Å². The Morgan fingerprint density at radius 3 is 2.46 bits per heavy atom. The molecule has 0 aliphatic carbocycles. The summed E-state index contributed by atoms with van der Waals surface area (Å²) < 4.78 is 40.8. The van der Waals surface area contributed by atoms with Crippen LogP contribution in [0.4, 0.5) is 13.2 Å². The van der Waals surface area contributed by atoms with E-state index in [-0.39, 0.29) is 12.5 Å². The zero-order chi connectivity index (χ0) is 20.0. The van der Waals surface area contributed by atoms with Gasteiger partial charge in [0.1, 0.15) is 6.61 Å². The number of nitrogens with zero attached hydrogens (tertiary/aromatic N) is 2. The van der Waals surface area contributed by atoms with Gasteiger partial charge in [-0.3, -0.25) is 9.69 Å². The van der Waals surface area contributed by atoms with Crippen LogP contribution in [0.3, 0.4) is 0 Å². The van der Waals surface area contributed by atoms with Crippen molar-refractivity contribution in [1.29, 1.82) is 0 Å². The highest BCUT2D eigenvalue weighted by atomic mass is 32.1. The van der Waals surface area contributed by atoms with Gasteiger partial charge >= 0.3 is 6.18 Å². The van der Waals surface area contributed by atoms with E-state index in [9.17, 15) is 18.0 Å². The maximum absolute atomic E-state index is 12.9. The summed E-state index contributed by atoms with van der Waals surface area (Å²) in [6.07, 6.45) is -3.72. The van der Waals surface area contributed by atoms with Crippen molar-refractivity contribution in [2.24, 2.45) is 0 Å². The van der Waals surface area contributed by atoms with Crippen molar-refractivity contribution in [2.75, 3.05) is 45.9 Å². The maximum atomic E-state index is 12.9. The van der Waals surface area contributed by atoms with Gasteiger partial charge in [0.25, 0.3) is 5.91 Å². The summed E-state index contributed by atoms with van der Waals surface area (Å²) in [5.74, 6) is 0.0435. The van der Waals surface area contributed by atoms with Crippen LogP contribution in [0.25, 0.3) is 11.1 Å². The Kier molecular flexibility index (Phi) is 7.09. The van der Waals surface area contributed by atoms with Crippen LogP contribution in [0.1, 0.15) is 16.1 Å². The Hall–Kier alpha value is -1.90. The average Bonchev–Trinajstić information content (AvgIpc) is 3.17. The fourth-order valence-corrected chi connectivity index (χ4v) is 4.10. The minimum atomic E-state index is -4.27. The number of alkyl halides is 3. The molecule has 1 aromatic heterocycles. The largest absolute Gasteiger partial charge is 0.411 e. The number of piperazine rings is 1. The molecule has 2 heterocycles. The van der Waals surface area contributed by atoms with E-state index in [2.05, 4.69) is 9.64 Å². The summed E-state index contributed by atoms with van der Waals surface area (Å²) in [5.41, 5.74) is 1.99. The van der Waals surface area contributed by atoms with Gasteiger partial charge in [-0.25, -0.2) is 0 Å². The molecule has 0 saturated carbocycles. The van der Waals surface area contributed by atoms with Crippen molar-refractivity contribution in [3.8, 4) is 11.1 Å². The molecular weight excluding hydrogens is 389 g/mol.